The van der Waals surface area contributed by atoms with Gasteiger partial charge in [-0.1, -0.05) is 44.5 Å². The molecule has 2 N–H and O–H groups in total. The Labute approximate surface area is 136 Å². The van der Waals surface area contributed by atoms with Crippen LogP contribution in [0.5, 0.6) is 0 Å². The third-order valence-electron chi connectivity index (χ3n) is 3.65. The molecular formula is C18H32N2O2. The average molecular weight is 308 g/mol. The lowest BCUT2D eigenvalue weighted by Crippen LogP contribution is -2.29. The summed E-state index contributed by atoms with van der Waals surface area (Å²) in [6.45, 7) is 13.1. The Balaban J connectivity index is 4.17. The molecule has 0 radical (unpaired) electrons. The predicted octanol–water partition coefficient (Wildman–Crippen LogP) is 1.18. The van der Waals surface area contributed by atoms with Crippen molar-refractivity contribution in [3.8, 4) is 23.7 Å². The molecule has 0 aromatic heterocycles. The van der Waals surface area contributed by atoms with Gasteiger partial charge in [0.1, 0.15) is 12.2 Å². The van der Waals surface area contributed by atoms with Crippen molar-refractivity contribution in [2.24, 2.45) is 0 Å². The number of rotatable bonds is 9. The fourth-order valence-corrected chi connectivity index (χ4v) is 2.07. The van der Waals surface area contributed by atoms with Gasteiger partial charge in [-0.2, -0.15) is 0 Å². The molecule has 126 valence electrons. The van der Waals surface area contributed by atoms with E-state index in [0.717, 1.165) is 32.6 Å². The maximum absolute atomic E-state index is 10.3. The quantitative estimate of drug-likeness (QED) is 0.628. The van der Waals surface area contributed by atoms with Crippen LogP contribution in [0.4, 0.5) is 0 Å². The lowest BCUT2D eigenvalue weighted by atomic mass is 10.0. The van der Waals surface area contributed by atoms with Crippen molar-refractivity contribution in [2.45, 2.75) is 46.1 Å². The van der Waals surface area contributed by atoms with Gasteiger partial charge in [-0.05, 0) is 45.9 Å². The minimum atomic E-state index is -0.927. The zero-order chi connectivity index (χ0) is 16.8. The summed E-state index contributed by atoms with van der Waals surface area (Å²) in [5.41, 5.74) is -0.927. The Bertz CT molecular complexity index is 395. The molecule has 0 saturated carbocycles. The van der Waals surface area contributed by atoms with Crippen LogP contribution in [0.25, 0.3) is 0 Å². The monoisotopic (exact) mass is 308 g/mol. The summed E-state index contributed by atoms with van der Waals surface area (Å²) >= 11 is 0. The Kier molecular flexibility index (Phi) is 11.9. The van der Waals surface area contributed by atoms with E-state index in [2.05, 4.69) is 54.3 Å². The van der Waals surface area contributed by atoms with E-state index in [1.54, 1.807) is 6.92 Å². The van der Waals surface area contributed by atoms with Gasteiger partial charge in [0.05, 0.1) is 13.1 Å². The zero-order valence-corrected chi connectivity index (χ0v) is 14.7. The summed E-state index contributed by atoms with van der Waals surface area (Å²) in [5.74, 6) is 11.7. The molecule has 4 heteroatoms. The number of aliphatic hydroxyl groups is 2. The van der Waals surface area contributed by atoms with Gasteiger partial charge in [-0.15, -0.1) is 0 Å². The Morgan fingerprint density at radius 1 is 0.909 bits per heavy atom. The van der Waals surface area contributed by atoms with Gasteiger partial charge >= 0.3 is 0 Å². The summed E-state index contributed by atoms with van der Waals surface area (Å²) in [6.07, 6.45) is 1.53. The van der Waals surface area contributed by atoms with E-state index in [9.17, 15) is 5.11 Å². The first-order chi connectivity index (χ1) is 10.5. The second-order valence-electron chi connectivity index (χ2n) is 5.52. The summed E-state index contributed by atoms with van der Waals surface area (Å²) in [7, 11) is 0. The van der Waals surface area contributed by atoms with Crippen molar-refractivity contribution in [1.29, 1.82) is 0 Å². The van der Waals surface area contributed by atoms with Gasteiger partial charge in [0.25, 0.3) is 0 Å². The highest BCUT2D eigenvalue weighted by molar-refractivity contribution is 5.13. The number of aliphatic hydroxyl groups excluding tert-OH is 1. The van der Waals surface area contributed by atoms with Gasteiger partial charge < -0.3 is 10.2 Å². The first-order valence-corrected chi connectivity index (χ1v) is 8.22. The van der Waals surface area contributed by atoms with E-state index in [4.69, 9.17) is 5.11 Å². The lowest BCUT2D eigenvalue weighted by Gasteiger charge is -2.21. The van der Waals surface area contributed by atoms with Crippen molar-refractivity contribution in [2.75, 3.05) is 45.9 Å². The third-order valence-corrected chi connectivity index (χ3v) is 3.65. The SMILES string of the molecule is CCN(CC)CC#CC(C)(O)CCCN(CC)CC#CCO. The maximum atomic E-state index is 10.3. The Morgan fingerprint density at radius 2 is 1.50 bits per heavy atom. The summed E-state index contributed by atoms with van der Waals surface area (Å²) in [6, 6.07) is 0. The second kappa shape index (κ2) is 12.5. The molecule has 0 aromatic carbocycles. The highest BCUT2D eigenvalue weighted by atomic mass is 16.3. The predicted molar refractivity (Wildman–Crippen MR) is 92.4 cm³/mol. The minimum Gasteiger partial charge on any atom is -0.384 e. The van der Waals surface area contributed by atoms with Crippen molar-refractivity contribution in [3.05, 3.63) is 0 Å². The smallest absolute Gasteiger partial charge is 0.122 e. The molecule has 0 saturated heterocycles. The van der Waals surface area contributed by atoms with Crippen LogP contribution in [0, 0.1) is 23.7 Å². The molecule has 0 aliphatic carbocycles. The minimum absolute atomic E-state index is 0.0889. The number of hydrogen-bond donors (Lipinski definition) is 2. The highest BCUT2D eigenvalue weighted by Gasteiger charge is 2.16. The molecule has 0 fully saturated rings. The average Bonchev–Trinajstić information content (AvgIpc) is 2.50. The first kappa shape index (κ1) is 21.0. The first-order valence-electron chi connectivity index (χ1n) is 8.22. The molecule has 1 unspecified atom stereocenters. The van der Waals surface area contributed by atoms with Crippen molar-refractivity contribution < 1.29 is 10.2 Å². The molecule has 4 nitrogen and oxygen atoms in total. The molecule has 0 aliphatic heterocycles. The van der Waals surface area contributed by atoms with Gasteiger partial charge in [-0.3, -0.25) is 9.80 Å². The molecule has 22 heavy (non-hydrogen) atoms. The van der Waals surface area contributed by atoms with Crippen LogP contribution >= 0.6 is 0 Å². The Hall–Kier alpha value is -1.04. The lowest BCUT2D eigenvalue weighted by molar-refractivity contribution is 0.105. The van der Waals surface area contributed by atoms with Gasteiger partial charge in [0.2, 0.25) is 0 Å². The van der Waals surface area contributed by atoms with Crippen LogP contribution in [-0.4, -0.2) is 71.5 Å². The van der Waals surface area contributed by atoms with Crippen LogP contribution in [0.2, 0.25) is 0 Å². The molecule has 0 aromatic rings. The molecule has 0 aliphatic rings. The van der Waals surface area contributed by atoms with Crippen LogP contribution in [-0.2, 0) is 0 Å². The normalized spacial score (nSPS) is 13.3. The van der Waals surface area contributed by atoms with Crippen molar-refractivity contribution >= 4 is 0 Å². The van der Waals surface area contributed by atoms with E-state index in [1.165, 1.54) is 0 Å². The fourth-order valence-electron chi connectivity index (χ4n) is 2.07. The van der Waals surface area contributed by atoms with Crippen LogP contribution in [0.15, 0.2) is 0 Å². The molecule has 0 rings (SSSR count). The largest absolute Gasteiger partial charge is 0.384 e. The van der Waals surface area contributed by atoms with E-state index in [1.807, 2.05) is 0 Å². The topological polar surface area (TPSA) is 46.9 Å². The highest BCUT2D eigenvalue weighted by Crippen LogP contribution is 2.11. The summed E-state index contributed by atoms with van der Waals surface area (Å²) in [5, 5.41) is 18.9. The zero-order valence-electron chi connectivity index (χ0n) is 14.7. The van der Waals surface area contributed by atoms with E-state index in [0.29, 0.717) is 19.5 Å². The van der Waals surface area contributed by atoms with E-state index >= 15 is 0 Å². The number of hydrogen-bond acceptors (Lipinski definition) is 4. The Morgan fingerprint density at radius 3 is 2.05 bits per heavy atom. The third kappa shape index (κ3) is 10.7. The molecule has 0 heterocycles. The second-order valence-corrected chi connectivity index (χ2v) is 5.52. The van der Waals surface area contributed by atoms with Crippen LogP contribution in [0.3, 0.4) is 0 Å². The van der Waals surface area contributed by atoms with Gasteiger partial charge in [0, 0.05) is 0 Å². The van der Waals surface area contributed by atoms with E-state index in [-0.39, 0.29) is 6.61 Å². The van der Waals surface area contributed by atoms with Crippen molar-refractivity contribution in [3.63, 3.8) is 0 Å². The standard InChI is InChI=1S/C18H32N2O2/c1-5-19(6-2)15-10-12-18(4,22)13-11-16-20(7-3)14-8-9-17-21/h21-22H,5-7,11,13-17H2,1-4H3. The van der Waals surface area contributed by atoms with Gasteiger partial charge in [0.15, 0.2) is 0 Å². The van der Waals surface area contributed by atoms with Gasteiger partial charge in [-0.25, -0.2) is 0 Å². The summed E-state index contributed by atoms with van der Waals surface area (Å²) < 4.78 is 0. The van der Waals surface area contributed by atoms with Crippen molar-refractivity contribution in [1.82, 2.24) is 9.80 Å². The summed E-state index contributed by atoms with van der Waals surface area (Å²) in [4.78, 5) is 4.42. The molecular weight excluding hydrogens is 276 g/mol. The van der Waals surface area contributed by atoms with Crippen LogP contribution in [0.1, 0.15) is 40.5 Å². The molecule has 0 spiro atoms. The molecule has 1 atom stereocenters. The van der Waals surface area contributed by atoms with Crippen LogP contribution < -0.4 is 0 Å². The molecule has 0 amide bonds. The van der Waals surface area contributed by atoms with E-state index < -0.39 is 5.60 Å². The fraction of sp³-hybridized carbons (Fsp3) is 0.778. The maximum Gasteiger partial charge on any atom is 0.122 e. The number of nitrogens with zero attached hydrogens (tertiary/aromatic N) is 2. The molecule has 0 bridgehead atoms.